The van der Waals surface area contributed by atoms with Crippen LogP contribution in [0.5, 0.6) is 0 Å². The zero-order chi connectivity index (χ0) is 15.4. The highest BCUT2D eigenvalue weighted by Gasteiger charge is 2.08. The summed E-state index contributed by atoms with van der Waals surface area (Å²) in [6.07, 6.45) is 0. The molecule has 0 unspecified atom stereocenters. The molecule has 2 aromatic carbocycles. The minimum absolute atomic E-state index is 0.493. The third-order valence-corrected chi connectivity index (χ3v) is 5.05. The summed E-state index contributed by atoms with van der Waals surface area (Å²) >= 11 is 5.43. The van der Waals surface area contributed by atoms with Gasteiger partial charge in [-0.3, -0.25) is 0 Å². The van der Waals surface area contributed by atoms with E-state index in [2.05, 4.69) is 85.3 Å². The zero-order valence-electron chi connectivity index (χ0n) is 13.0. The predicted octanol–water partition coefficient (Wildman–Crippen LogP) is 5.72. The van der Waals surface area contributed by atoms with Crippen LogP contribution in [0.1, 0.15) is 30.5 Å². The van der Waals surface area contributed by atoms with Crippen LogP contribution in [0.2, 0.25) is 0 Å². The molecule has 0 amide bonds. The van der Waals surface area contributed by atoms with E-state index in [0.717, 1.165) is 11.0 Å². The number of halogens is 1. The van der Waals surface area contributed by atoms with Gasteiger partial charge in [-0.25, -0.2) is 0 Å². The lowest BCUT2D eigenvalue weighted by molar-refractivity contribution is 0.584. The van der Waals surface area contributed by atoms with Crippen molar-refractivity contribution >= 4 is 27.7 Å². The van der Waals surface area contributed by atoms with Crippen molar-refractivity contribution in [3.05, 3.63) is 57.6 Å². The van der Waals surface area contributed by atoms with Crippen LogP contribution in [0.4, 0.5) is 0 Å². The second-order valence-electron chi connectivity index (χ2n) is 5.66. The molecule has 0 saturated heterocycles. The van der Waals surface area contributed by atoms with E-state index >= 15 is 0 Å². The van der Waals surface area contributed by atoms with E-state index in [-0.39, 0.29) is 0 Å². The molecule has 0 fully saturated rings. The first-order valence-corrected chi connectivity index (χ1v) is 8.83. The van der Waals surface area contributed by atoms with Crippen LogP contribution in [0, 0.1) is 13.8 Å². The van der Waals surface area contributed by atoms with Crippen molar-refractivity contribution in [2.24, 2.45) is 0 Å². The topological polar surface area (TPSA) is 12.0 Å². The van der Waals surface area contributed by atoms with Crippen molar-refractivity contribution in [3.8, 4) is 0 Å². The monoisotopic (exact) mass is 363 g/mol. The third kappa shape index (κ3) is 4.87. The molecule has 0 aliphatic carbocycles. The fraction of sp³-hybridized carbons (Fsp3) is 0.333. The van der Waals surface area contributed by atoms with Gasteiger partial charge in [0.1, 0.15) is 0 Å². The first-order valence-electron chi connectivity index (χ1n) is 7.22. The summed E-state index contributed by atoms with van der Waals surface area (Å²) < 4.78 is 1.13. The number of hydrogen-bond donors (Lipinski definition) is 1. The maximum absolute atomic E-state index is 3.59. The first-order chi connectivity index (χ1) is 9.95. The lowest BCUT2D eigenvalue weighted by Gasteiger charge is -2.14. The van der Waals surface area contributed by atoms with Crippen LogP contribution < -0.4 is 5.32 Å². The molecule has 21 heavy (non-hydrogen) atoms. The Hall–Kier alpha value is -0.770. The standard InChI is InChI=1S/C18H22BrNS/c1-12(2)20-11-15-6-7-16(19)10-18(15)21-17-8-5-13(3)9-14(17)4/h5-10,12,20H,11H2,1-4H3. The van der Waals surface area contributed by atoms with Gasteiger partial charge >= 0.3 is 0 Å². The maximum Gasteiger partial charge on any atom is 0.0219 e. The summed E-state index contributed by atoms with van der Waals surface area (Å²) in [5.74, 6) is 0. The highest BCUT2D eigenvalue weighted by molar-refractivity contribution is 9.10. The van der Waals surface area contributed by atoms with Crippen molar-refractivity contribution in [1.29, 1.82) is 0 Å². The normalized spacial score (nSPS) is 11.1. The fourth-order valence-electron chi connectivity index (χ4n) is 2.12. The van der Waals surface area contributed by atoms with Gasteiger partial charge in [-0.2, -0.15) is 0 Å². The third-order valence-electron chi connectivity index (χ3n) is 3.28. The summed E-state index contributed by atoms with van der Waals surface area (Å²) in [5.41, 5.74) is 3.99. The minimum atomic E-state index is 0.493. The quantitative estimate of drug-likeness (QED) is 0.729. The molecule has 1 nitrogen and oxygen atoms in total. The molecule has 0 aromatic heterocycles. The molecule has 2 aromatic rings. The lowest BCUT2D eigenvalue weighted by Crippen LogP contribution is -2.22. The van der Waals surface area contributed by atoms with E-state index in [9.17, 15) is 0 Å². The van der Waals surface area contributed by atoms with Gasteiger partial charge in [-0.15, -0.1) is 0 Å². The van der Waals surface area contributed by atoms with Crippen molar-refractivity contribution in [2.75, 3.05) is 0 Å². The predicted molar refractivity (Wildman–Crippen MR) is 96.2 cm³/mol. The molecular formula is C18H22BrNS. The molecular weight excluding hydrogens is 342 g/mol. The number of rotatable bonds is 5. The smallest absolute Gasteiger partial charge is 0.0219 e. The van der Waals surface area contributed by atoms with Gasteiger partial charge in [-0.1, -0.05) is 65.3 Å². The van der Waals surface area contributed by atoms with Gasteiger partial charge in [0.2, 0.25) is 0 Å². The van der Waals surface area contributed by atoms with Gasteiger partial charge in [0.05, 0.1) is 0 Å². The second kappa shape index (κ2) is 7.48. The molecule has 2 rings (SSSR count). The van der Waals surface area contributed by atoms with E-state index < -0.39 is 0 Å². The minimum Gasteiger partial charge on any atom is -0.310 e. The molecule has 112 valence electrons. The van der Waals surface area contributed by atoms with Crippen LogP contribution in [0.25, 0.3) is 0 Å². The second-order valence-corrected chi connectivity index (χ2v) is 7.66. The molecule has 1 N–H and O–H groups in total. The summed E-state index contributed by atoms with van der Waals surface area (Å²) in [6.45, 7) is 9.57. The van der Waals surface area contributed by atoms with Crippen LogP contribution >= 0.6 is 27.7 Å². The van der Waals surface area contributed by atoms with Crippen LogP contribution in [0.15, 0.2) is 50.7 Å². The Morgan fingerprint density at radius 1 is 1.05 bits per heavy atom. The van der Waals surface area contributed by atoms with Gasteiger partial charge in [0.15, 0.2) is 0 Å². The maximum atomic E-state index is 3.59. The Morgan fingerprint density at radius 2 is 1.81 bits per heavy atom. The van der Waals surface area contributed by atoms with Crippen LogP contribution in [-0.4, -0.2) is 6.04 Å². The van der Waals surface area contributed by atoms with Crippen molar-refractivity contribution in [1.82, 2.24) is 5.32 Å². The molecule has 0 aliphatic rings. The SMILES string of the molecule is Cc1ccc(Sc2cc(Br)ccc2CNC(C)C)c(C)c1. The molecule has 0 saturated carbocycles. The van der Waals surface area contributed by atoms with Crippen molar-refractivity contribution in [2.45, 2.75) is 50.1 Å². The average Bonchev–Trinajstić information content (AvgIpc) is 2.41. The van der Waals surface area contributed by atoms with Gasteiger partial charge in [0, 0.05) is 26.9 Å². The molecule has 0 atom stereocenters. The van der Waals surface area contributed by atoms with Crippen molar-refractivity contribution < 1.29 is 0 Å². The Balaban J connectivity index is 2.27. The molecule has 0 aliphatic heterocycles. The van der Waals surface area contributed by atoms with Crippen LogP contribution in [0.3, 0.4) is 0 Å². The molecule has 0 spiro atoms. The average molecular weight is 364 g/mol. The number of benzene rings is 2. The van der Waals surface area contributed by atoms with Gasteiger partial charge < -0.3 is 5.32 Å². The number of hydrogen-bond acceptors (Lipinski definition) is 2. The van der Waals surface area contributed by atoms with E-state index in [1.54, 1.807) is 0 Å². The molecule has 0 radical (unpaired) electrons. The molecule has 3 heteroatoms. The number of aryl methyl sites for hydroxylation is 2. The Bertz CT molecular complexity index is 623. The Morgan fingerprint density at radius 3 is 2.48 bits per heavy atom. The van der Waals surface area contributed by atoms with Gasteiger partial charge in [-0.05, 0) is 43.2 Å². The Labute approximate surface area is 140 Å². The van der Waals surface area contributed by atoms with E-state index in [1.165, 1.54) is 26.5 Å². The van der Waals surface area contributed by atoms with Crippen molar-refractivity contribution in [3.63, 3.8) is 0 Å². The van der Waals surface area contributed by atoms with Crippen LogP contribution in [-0.2, 0) is 6.54 Å². The molecule has 0 heterocycles. The Kier molecular flexibility index (Phi) is 5.91. The fourth-order valence-corrected chi connectivity index (χ4v) is 3.68. The largest absolute Gasteiger partial charge is 0.310 e. The highest BCUT2D eigenvalue weighted by atomic mass is 79.9. The van der Waals surface area contributed by atoms with E-state index in [1.807, 2.05) is 11.8 Å². The molecule has 0 bridgehead atoms. The summed E-state index contributed by atoms with van der Waals surface area (Å²) in [4.78, 5) is 2.63. The van der Waals surface area contributed by atoms with Gasteiger partial charge in [0.25, 0.3) is 0 Å². The highest BCUT2D eigenvalue weighted by Crippen LogP contribution is 2.34. The van der Waals surface area contributed by atoms with E-state index in [0.29, 0.717) is 6.04 Å². The lowest BCUT2D eigenvalue weighted by atomic mass is 10.2. The first kappa shape index (κ1) is 16.6. The summed E-state index contributed by atoms with van der Waals surface area (Å²) in [7, 11) is 0. The zero-order valence-corrected chi connectivity index (χ0v) is 15.4. The summed E-state index contributed by atoms with van der Waals surface area (Å²) in [6, 6.07) is 13.7. The van der Waals surface area contributed by atoms with E-state index in [4.69, 9.17) is 0 Å². The summed E-state index contributed by atoms with van der Waals surface area (Å²) in [5, 5.41) is 3.50. The number of nitrogens with one attached hydrogen (secondary N) is 1.